The van der Waals surface area contributed by atoms with Crippen LogP contribution in [-0.4, -0.2) is 23.9 Å². The number of piperidine rings is 1. The first kappa shape index (κ1) is 11.5. The molecule has 1 fully saturated rings. The first-order valence-corrected chi connectivity index (χ1v) is 6.59. The van der Waals surface area contributed by atoms with Crippen molar-refractivity contribution in [2.24, 2.45) is 11.8 Å². The largest absolute Gasteiger partial charge is 0.397 e. The second kappa shape index (κ2) is 4.45. The van der Waals surface area contributed by atoms with Crippen molar-refractivity contribution in [3.05, 3.63) is 16.3 Å². The standard InChI is InChI=1S/C12H18N2OS/c1-8-3-5-14(7-9(8)2)12(15)11-10(13)4-6-16-11/h4,6,8-9H,3,5,7,13H2,1-2H3. The van der Waals surface area contributed by atoms with Gasteiger partial charge in [-0.05, 0) is 29.7 Å². The fourth-order valence-corrected chi connectivity index (χ4v) is 2.87. The third-order valence-electron chi connectivity index (χ3n) is 3.51. The molecule has 1 aliphatic heterocycles. The zero-order chi connectivity index (χ0) is 11.7. The minimum absolute atomic E-state index is 0.103. The van der Waals surface area contributed by atoms with Crippen molar-refractivity contribution in [2.75, 3.05) is 18.8 Å². The van der Waals surface area contributed by atoms with Gasteiger partial charge in [0.2, 0.25) is 0 Å². The van der Waals surface area contributed by atoms with Gasteiger partial charge in [0, 0.05) is 13.1 Å². The molecule has 1 aromatic rings. The van der Waals surface area contributed by atoms with Gasteiger partial charge in [0.1, 0.15) is 4.88 Å². The highest BCUT2D eigenvalue weighted by Gasteiger charge is 2.27. The van der Waals surface area contributed by atoms with Crippen LogP contribution in [0.3, 0.4) is 0 Å². The van der Waals surface area contributed by atoms with E-state index in [1.54, 1.807) is 6.07 Å². The third-order valence-corrected chi connectivity index (χ3v) is 4.43. The van der Waals surface area contributed by atoms with Crippen molar-refractivity contribution in [3.8, 4) is 0 Å². The van der Waals surface area contributed by atoms with Crippen LogP contribution in [0.5, 0.6) is 0 Å². The van der Waals surface area contributed by atoms with E-state index in [9.17, 15) is 4.79 Å². The molecule has 4 heteroatoms. The van der Waals surface area contributed by atoms with E-state index in [1.807, 2.05) is 10.3 Å². The smallest absolute Gasteiger partial charge is 0.266 e. The summed E-state index contributed by atoms with van der Waals surface area (Å²) >= 11 is 1.44. The summed E-state index contributed by atoms with van der Waals surface area (Å²) in [6.07, 6.45) is 1.10. The monoisotopic (exact) mass is 238 g/mol. The third kappa shape index (κ3) is 2.07. The molecule has 1 saturated heterocycles. The first-order chi connectivity index (χ1) is 7.59. The molecule has 0 aromatic carbocycles. The lowest BCUT2D eigenvalue weighted by molar-refractivity contribution is 0.0633. The number of nitrogen functional groups attached to an aromatic ring is 1. The second-order valence-corrected chi connectivity index (χ2v) is 5.62. The molecule has 2 unspecified atom stereocenters. The molecule has 2 heterocycles. The van der Waals surface area contributed by atoms with Gasteiger partial charge in [-0.15, -0.1) is 11.3 Å². The minimum atomic E-state index is 0.103. The van der Waals surface area contributed by atoms with Crippen molar-refractivity contribution < 1.29 is 4.79 Å². The van der Waals surface area contributed by atoms with Crippen molar-refractivity contribution in [3.63, 3.8) is 0 Å². The molecule has 0 saturated carbocycles. The SMILES string of the molecule is CC1CCN(C(=O)c2sccc2N)CC1C. The summed E-state index contributed by atoms with van der Waals surface area (Å²) in [4.78, 5) is 14.8. The van der Waals surface area contributed by atoms with E-state index >= 15 is 0 Å². The maximum absolute atomic E-state index is 12.2. The van der Waals surface area contributed by atoms with E-state index in [1.165, 1.54) is 11.3 Å². The molecular formula is C12H18N2OS. The number of anilines is 1. The number of likely N-dealkylation sites (tertiary alicyclic amines) is 1. The van der Waals surface area contributed by atoms with Crippen LogP contribution in [0.1, 0.15) is 29.9 Å². The molecule has 88 valence electrons. The maximum Gasteiger partial charge on any atom is 0.266 e. The van der Waals surface area contributed by atoms with Crippen LogP contribution in [0, 0.1) is 11.8 Å². The van der Waals surface area contributed by atoms with E-state index in [0.717, 1.165) is 19.5 Å². The lowest BCUT2D eigenvalue weighted by Gasteiger charge is -2.35. The summed E-state index contributed by atoms with van der Waals surface area (Å²) in [7, 11) is 0. The Bertz CT molecular complexity index is 388. The molecule has 1 amide bonds. The number of nitrogens with zero attached hydrogens (tertiary/aromatic N) is 1. The Morgan fingerprint density at radius 2 is 2.25 bits per heavy atom. The average molecular weight is 238 g/mol. The summed E-state index contributed by atoms with van der Waals surface area (Å²) in [5, 5.41) is 1.87. The van der Waals surface area contributed by atoms with Crippen LogP contribution in [0.2, 0.25) is 0 Å². The van der Waals surface area contributed by atoms with Crippen molar-refractivity contribution in [1.82, 2.24) is 4.90 Å². The van der Waals surface area contributed by atoms with E-state index in [0.29, 0.717) is 22.4 Å². The molecule has 0 aliphatic carbocycles. The maximum atomic E-state index is 12.2. The molecule has 16 heavy (non-hydrogen) atoms. The molecule has 1 aromatic heterocycles. The zero-order valence-electron chi connectivity index (χ0n) is 9.77. The molecule has 2 atom stereocenters. The van der Waals surface area contributed by atoms with Crippen LogP contribution in [-0.2, 0) is 0 Å². The summed E-state index contributed by atoms with van der Waals surface area (Å²) in [6.45, 7) is 6.19. The summed E-state index contributed by atoms with van der Waals surface area (Å²) < 4.78 is 0. The van der Waals surface area contributed by atoms with Crippen LogP contribution >= 0.6 is 11.3 Å². The highest BCUT2D eigenvalue weighted by molar-refractivity contribution is 7.12. The number of nitrogens with two attached hydrogens (primary N) is 1. The average Bonchev–Trinajstić information content (AvgIpc) is 2.67. The quantitative estimate of drug-likeness (QED) is 0.817. The van der Waals surface area contributed by atoms with E-state index in [4.69, 9.17) is 5.73 Å². The number of rotatable bonds is 1. The Kier molecular flexibility index (Phi) is 3.19. The van der Waals surface area contributed by atoms with Gasteiger partial charge < -0.3 is 10.6 Å². The molecule has 2 rings (SSSR count). The summed E-state index contributed by atoms with van der Waals surface area (Å²) in [5.41, 5.74) is 6.39. The lowest BCUT2D eigenvalue weighted by Crippen LogP contribution is -2.42. The molecule has 0 bridgehead atoms. The summed E-state index contributed by atoms with van der Waals surface area (Å²) in [5.74, 6) is 1.40. The van der Waals surface area contributed by atoms with Gasteiger partial charge in [-0.1, -0.05) is 13.8 Å². The second-order valence-electron chi connectivity index (χ2n) is 4.70. The molecular weight excluding hydrogens is 220 g/mol. The fraction of sp³-hybridized carbons (Fsp3) is 0.583. The molecule has 0 spiro atoms. The van der Waals surface area contributed by atoms with Crippen LogP contribution in [0.15, 0.2) is 11.4 Å². The van der Waals surface area contributed by atoms with Gasteiger partial charge in [-0.25, -0.2) is 0 Å². The number of carbonyl (C=O) groups excluding carboxylic acids is 1. The lowest BCUT2D eigenvalue weighted by atomic mass is 9.88. The van der Waals surface area contributed by atoms with Crippen LogP contribution in [0.25, 0.3) is 0 Å². The van der Waals surface area contributed by atoms with Crippen LogP contribution < -0.4 is 5.73 Å². The predicted molar refractivity (Wildman–Crippen MR) is 67.6 cm³/mol. The summed E-state index contributed by atoms with van der Waals surface area (Å²) in [6, 6.07) is 1.80. The molecule has 1 aliphatic rings. The Balaban J connectivity index is 2.09. The van der Waals surface area contributed by atoms with Gasteiger partial charge in [0.15, 0.2) is 0 Å². The molecule has 2 N–H and O–H groups in total. The van der Waals surface area contributed by atoms with Crippen LogP contribution in [0.4, 0.5) is 5.69 Å². The topological polar surface area (TPSA) is 46.3 Å². The highest BCUT2D eigenvalue weighted by Crippen LogP contribution is 2.26. The Hall–Kier alpha value is -1.03. The van der Waals surface area contributed by atoms with Gasteiger partial charge in [-0.2, -0.15) is 0 Å². The fourth-order valence-electron chi connectivity index (χ4n) is 2.08. The van der Waals surface area contributed by atoms with Gasteiger partial charge >= 0.3 is 0 Å². The molecule has 0 radical (unpaired) electrons. The van der Waals surface area contributed by atoms with E-state index in [-0.39, 0.29) is 5.91 Å². The zero-order valence-corrected chi connectivity index (χ0v) is 10.6. The van der Waals surface area contributed by atoms with E-state index in [2.05, 4.69) is 13.8 Å². The number of carbonyl (C=O) groups is 1. The van der Waals surface area contributed by atoms with Crippen molar-refractivity contribution in [2.45, 2.75) is 20.3 Å². The number of hydrogen-bond donors (Lipinski definition) is 1. The van der Waals surface area contributed by atoms with E-state index < -0.39 is 0 Å². The van der Waals surface area contributed by atoms with Gasteiger partial charge in [0.05, 0.1) is 5.69 Å². The van der Waals surface area contributed by atoms with Crippen molar-refractivity contribution in [1.29, 1.82) is 0 Å². The first-order valence-electron chi connectivity index (χ1n) is 5.72. The van der Waals surface area contributed by atoms with Gasteiger partial charge in [-0.3, -0.25) is 4.79 Å². The predicted octanol–water partition coefficient (Wildman–Crippen LogP) is 2.45. The minimum Gasteiger partial charge on any atom is -0.397 e. The van der Waals surface area contributed by atoms with Crippen molar-refractivity contribution >= 4 is 22.9 Å². The Labute approximate surface area is 100 Å². The Morgan fingerprint density at radius 1 is 1.50 bits per heavy atom. The number of amides is 1. The number of hydrogen-bond acceptors (Lipinski definition) is 3. The number of thiophene rings is 1. The normalized spacial score (nSPS) is 25.8. The Morgan fingerprint density at radius 3 is 2.81 bits per heavy atom. The molecule has 3 nitrogen and oxygen atoms in total. The van der Waals surface area contributed by atoms with Gasteiger partial charge in [0.25, 0.3) is 5.91 Å². The highest BCUT2D eigenvalue weighted by atomic mass is 32.1.